The molecule has 1 amide bonds. The van der Waals surface area contributed by atoms with Gasteiger partial charge < -0.3 is 19.1 Å². The van der Waals surface area contributed by atoms with Gasteiger partial charge in [-0.15, -0.1) is 0 Å². The third kappa shape index (κ3) is 6.08. The molecule has 1 saturated heterocycles. The molecule has 0 aromatic heterocycles. The number of benzene rings is 2. The third-order valence-corrected chi connectivity index (χ3v) is 6.97. The predicted octanol–water partition coefficient (Wildman–Crippen LogP) is 5.61. The summed E-state index contributed by atoms with van der Waals surface area (Å²) in [6, 6.07) is 16.3. The highest BCUT2D eigenvalue weighted by molar-refractivity contribution is 5.75. The standard InChI is InChI=1S/C28H39NO4/c1-6-27(30)29(20-22-11-13-23(31-4)14-12-22)17-15-28(16-18-33-26(19-28)21(2)3)24-9-7-8-10-25(24)32-5/h7-14,21,26H,6,15-20H2,1-5H3/t26-,28+/m0/s1. The second-order valence-electron chi connectivity index (χ2n) is 9.35. The van der Waals surface area contributed by atoms with Crippen LogP contribution in [-0.4, -0.2) is 44.3 Å². The first-order valence-electron chi connectivity index (χ1n) is 12.1. The lowest BCUT2D eigenvalue weighted by atomic mass is 9.68. The second kappa shape index (κ2) is 11.6. The van der Waals surface area contributed by atoms with Crippen molar-refractivity contribution < 1.29 is 19.0 Å². The van der Waals surface area contributed by atoms with Crippen LogP contribution in [0.5, 0.6) is 11.5 Å². The van der Waals surface area contributed by atoms with E-state index in [0.717, 1.165) is 42.9 Å². The number of ether oxygens (including phenoxy) is 3. The van der Waals surface area contributed by atoms with Gasteiger partial charge in [0.1, 0.15) is 11.5 Å². The van der Waals surface area contributed by atoms with Crippen LogP contribution in [0.1, 0.15) is 57.6 Å². The molecule has 2 aromatic rings. The number of carbonyl (C=O) groups excluding carboxylic acids is 1. The van der Waals surface area contributed by atoms with E-state index in [4.69, 9.17) is 14.2 Å². The van der Waals surface area contributed by atoms with E-state index >= 15 is 0 Å². The van der Waals surface area contributed by atoms with Gasteiger partial charge in [-0.05, 0) is 48.9 Å². The summed E-state index contributed by atoms with van der Waals surface area (Å²) in [4.78, 5) is 14.9. The molecular weight excluding hydrogens is 414 g/mol. The van der Waals surface area contributed by atoms with Crippen molar-refractivity contribution in [2.45, 2.75) is 64.5 Å². The number of methoxy groups -OCH3 is 2. The Morgan fingerprint density at radius 2 is 1.85 bits per heavy atom. The fourth-order valence-electron chi connectivity index (χ4n) is 4.88. The van der Waals surface area contributed by atoms with E-state index in [2.05, 4.69) is 26.0 Å². The lowest BCUT2D eigenvalue weighted by Crippen LogP contribution is -2.44. The Bertz CT molecular complexity index is 895. The summed E-state index contributed by atoms with van der Waals surface area (Å²) in [5.74, 6) is 2.36. The molecule has 0 spiro atoms. The predicted molar refractivity (Wildman–Crippen MR) is 132 cm³/mol. The zero-order valence-corrected chi connectivity index (χ0v) is 20.8. The summed E-state index contributed by atoms with van der Waals surface area (Å²) in [6.45, 7) is 8.40. The molecule has 0 saturated carbocycles. The van der Waals surface area contributed by atoms with Gasteiger partial charge in [0.05, 0.1) is 20.3 Å². The van der Waals surface area contributed by atoms with Crippen LogP contribution in [0.15, 0.2) is 48.5 Å². The summed E-state index contributed by atoms with van der Waals surface area (Å²) >= 11 is 0. The van der Waals surface area contributed by atoms with Crippen LogP contribution in [0.4, 0.5) is 0 Å². The Kier molecular flexibility index (Phi) is 8.79. The Balaban J connectivity index is 1.87. The largest absolute Gasteiger partial charge is 0.497 e. The van der Waals surface area contributed by atoms with Gasteiger partial charge in [-0.25, -0.2) is 0 Å². The van der Waals surface area contributed by atoms with Crippen molar-refractivity contribution in [2.75, 3.05) is 27.4 Å². The number of amides is 1. The molecule has 1 fully saturated rings. The van der Waals surface area contributed by atoms with Crippen molar-refractivity contribution in [1.82, 2.24) is 4.90 Å². The molecule has 3 rings (SSSR count). The van der Waals surface area contributed by atoms with Crippen LogP contribution in [-0.2, 0) is 21.5 Å². The highest BCUT2D eigenvalue weighted by Crippen LogP contribution is 2.45. The molecule has 0 N–H and O–H groups in total. The second-order valence-corrected chi connectivity index (χ2v) is 9.35. The molecule has 5 nitrogen and oxygen atoms in total. The minimum absolute atomic E-state index is 0.0913. The number of carbonyl (C=O) groups is 1. The quantitative estimate of drug-likeness (QED) is 0.469. The molecule has 1 aliphatic rings. The summed E-state index contributed by atoms with van der Waals surface area (Å²) < 4.78 is 17.2. The summed E-state index contributed by atoms with van der Waals surface area (Å²) in [5, 5.41) is 0. The van der Waals surface area contributed by atoms with Crippen LogP contribution in [0.25, 0.3) is 0 Å². The number of para-hydroxylation sites is 1. The molecule has 2 atom stereocenters. The molecule has 2 aromatic carbocycles. The van der Waals surface area contributed by atoms with Crippen LogP contribution >= 0.6 is 0 Å². The highest BCUT2D eigenvalue weighted by atomic mass is 16.5. The monoisotopic (exact) mass is 453 g/mol. The summed E-state index contributed by atoms with van der Waals surface area (Å²) in [7, 11) is 3.40. The van der Waals surface area contributed by atoms with E-state index in [-0.39, 0.29) is 17.4 Å². The average Bonchev–Trinajstić information content (AvgIpc) is 2.86. The SMILES string of the molecule is CCC(=O)N(CC[C@@]1(c2ccccc2OC)CCO[C@H](C(C)C)C1)Cc1ccc(OC)cc1. The van der Waals surface area contributed by atoms with Gasteiger partial charge in [0.15, 0.2) is 0 Å². The topological polar surface area (TPSA) is 48.0 Å². The number of hydrogen-bond donors (Lipinski definition) is 0. The molecule has 0 radical (unpaired) electrons. The van der Waals surface area contributed by atoms with Gasteiger partial charge in [0.2, 0.25) is 5.91 Å². The van der Waals surface area contributed by atoms with Gasteiger partial charge in [-0.1, -0.05) is 51.1 Å². The van der Waals surface area contributed by atoms with E-state index in [0.29, 0.717) is 25.4 Å². The van der Waals surface area contributed by atoms with Crippen molar-refractivity contribution in [3.05, 3.63) is 59.7 Å². The smallest absolute Gasteiger partial charge is 0.222 e. The van der Waals surface area contributed by atoms with Crippen molar-refractivity contribution in [1.29, 1.82) is 0 Å². The molecule has 1 heterocycles. The van der Waals surface area contributed by atoms with Gasteiger partial charge in [-0.3, -0.25) is 4.79 Å². The van der Waals surface area contributed by atoms with E-state index in [1.54, 1.807) is 14.2 Å². The zero-order chi connectivity index (χ0) is 23.8. The van der Waals surface area contributed by atoms with E-state index < -0.39 is 0 Å². The molecule has 180 valence electrons. The molecule has 5 heteroatoms. The summed E-state index contributed by atoms with van der Waals surface area (Å²) in [5.41, 5.74) is 2.25. The number of hydrogen-bond acceptors (Lipinski definition) is 4. The maximum absolute atomic E-state index is 12.9. The Morgan fingerprint density at radius 1 is 1.12 bits per heavy atom. The van der Waals surface area contributed by atoms with E-state index in [1.807, 2.05) is 48.2 Å². The fraction of sp³-hybridized carbons (Fsp3) is 0.536. The Morgan fingerprint density at radius 3 is 2.48 bits per heavy atom. The highest BCUT2D eigenvalue weighted by Gasteiger charge is 2.41. The maximum atomic E-state index is 12.9. The third-order valence-electron chi connectivity index (χ3n) is 6.97. The first kappa shape index (κ1) is 25.1. The normalized spacial score (nSPS) is 20.5. The molecule has 0 aliphatic carbocycles. The van der Waals surface area contributed by atoms with Crippen molar-refractivity contribution in [3.63, 3.8) is 0 Å². The lowest BCUT2D eigenvalue weighted by Gasteiger charge is -2.44. The average molecular weight is 454 g/mol. The first-order valence-corrected chi connectivity index (χ1v) is 12.1. The van der Waals surface area contributed by atoms with Crippen molar-refractivity contribution in [3.8, 4) is 11.5 Å². The van der Waals surface area contributed by atoms with Crippen LogP contribution in [0.3, 0.4) is 0 Å². The molecule has 0 unspecified atom stereocenters. The van der Waals surface area contributed by atoms with Gasteiger partial charge in [0.25, 0.3) is 0 Å². The number of nitrogens with zero attached hydrogens (tertiary/aromatic N) is 1. The molecule has 0 bridgehead atoms. The van der Waals surface area contributed by atoms with Crippen molar-refractivity contribution >= 4 is 5.91 Å². The minimum Gasteiger partial charge on any atom is -0.497 e. The van der Waals surface area contributed by atoms with Gasteiger partial charge in [0, 0.05) is 37.1 Å². The van der Waals surface area contributed by atoms with Crippen LogP contribution in [0, 0.1) is 5.92 Å². The summed E-state index contributed by atoms with van der Waals surface area (Å²) in [6.07, 6.45) is 3.42. The zero-order valence-electron chi connectivity index (χ0n) is 20.8. The van der Waals surface area contributed by atoms with Crippen molar-refractivity contribution in [2.24, 2.45) is 5.92 Å². The van der Waals surface area contributed by atoms with E-state index in [1.165, 1.54) is 5.56 Å². The fourth-order valence-corrected chi connectivity index (χ4v) is 4.88. The Labute approximate surface area is 199 Å². The van der Waals surface area contributed by atoms with Gasteiger partial charge in [-0.2, -0.15) is 0 Å². The lowest BCUT2D eigenvalue weighted by molar-refractivity contribution is -0.132. The van der Waals surface area contributed by atoms with Crippen LogP contribution in [0.2, 0.25) is 0 Å². The number of rotatable bonds is 10. The van der Waals surface area contributed by atoms with Crippen LogP contribution < -0.4 is 9.47 Å². The molecule has 33 heavy (non-hydrogen) atoms. The Hall–Kier alpha value is -2.53. The maximum Gasteiger partial charge on any atom is 0.222 e. The molecular formula is C28H39NO4. The first-order chi connectivity index (χ1) is 15.9. The molecule has 1 aliphatic heterocycles. The van der Waals surface area contributed by atoms with Gasteiger partial charge >= 0.3 is 0 Å². The van der Waals surface area contributed by atoms with E-state index in [9.17, 15) is 4.79 Å². The minimum atomic E-state index is -0.0913.